The van der Waals surface area contributed by atoms with Gasteiger partial charge < -0.3 is 10.2 Å². The van der Waals surface area contributed by atoms with E-state index in [0.717, 1.165) is 21.7 Å². The maximum atomic E-state index is 11.8. The van der Waals surface area contributed by atoms with Crippen molar-refractivity contribution < 1.29 is 23.4 Å². The van der Waals surface area contributed by atoms with Crippen molar-refractivity contribution in [3.05, 3.63) is 16.3 Å². The van der Waals surface area contributed by atoms with Crippen LogP contribution < -0.4 is 0 Å². The molecule has 0 atom stereocenters. The van der Waals surface area contributed by atoms with Gasteiger partial charge in [0.2, 0.25) is 10.0 Å². The lowest BCUT2D eigenvalue weighted by molar-refractivity contribution is 0.0702. The molecule has 0 aliphatic heterocycles. The summed E-state index contributed by atoms with van der Waals surface area (Å²) in [4.78, 5) is 10.5. The number of aliphatic hydroxyl groups is 1. The number of hydrogen-bond donors (Lipinski definition) is 2. The Morgan fingerprint density at radius 3 is 2.62 bits per heavy atom. The zero-order valence-corrected chi connectivity index (χ0v) is 10.1. The molecule has 1 heterocycles. The fraction of sp³-hybridized carbons (Fsp3) is 0.375. The number of thiophene rings is 1. The molecule has 0 saturated carbocycles. The molecule has 90 valence electrons. The first-order valence-corrected chi connectivity index (χ1v) is 6.60. The van der Waals surface area contributed by atoms with E-state index in [1.165, 1.54) is 12.4 Å². The van der Waals surface area contributed by atoms with Crippen molar-refractivity contribution in [2.45, 2.75) is 4.90 Å². The van der Waals surface area contributed by atoms with Gasteiger partial charge in [0, 0.05) is 19.0 Å². The number of carboxylic acids is 1. The van der Waals surface area contributed by atoms with Gasteiger partial charge in [-0.15, -0.1) is 11.3 Å². The molecule has 16 heavy (non-hydrogen) atoms. The van der Waals surface area contributed by atoms with Gasteiger partial charge >= 0.3 is 5.97 Å². The van der Waals surface area contributed by atoms with Crippen molar-refractivity contribution in [3.8, 4) is 0 Å². The molecular weight excluding hydrogens is 254 g/mol. The first kappa shape index (κ1) is 13.1. The molecule has 2 N–H and O–H groups in total. The largest absolute Gasteiger partial charge is 0.477 e. The van der Waals surface area contributed by atoms with E-state index >= 15 is 0 Å². The lowest BCUT2D eigenvalue weighted by atomic mass is 10.5. The Kier molecular flexibility index (Phi) is 4.03. The van der Waals surface area contributed by atoms with Gasteiger partial charge in [-0.1, -0.05) is 0 Å². The maximum absolute atomic E-state index is 11.8. The molecule has 0 aliphatic carbocycles. The number of carboxylic acid groups (broad SMARTS) is 1. The number of carbonyl (C=O) groups is 1. The predicted molar refractivity (Wildman–Crippen MR) is 58.2 cm³/mol. The van der Waals surface area contributed by atoms with Crippen LogP contribution in [0, 0.1) is 0 Å². The van der Waals surface area contributed by atoms with E-state index in [1.54, 1.807) is 0 Å². The van der Waals surface area contributed by atoms with Crippen LogP contribution in [0.4, 0.5) is 0 Å². The van der Waals surface area contributed by atoms with Crippen LogP contribution in [0.3, 0.4) is 0 Å². The van der Waals surface area contributed by atoms with Gasteiger partial charge in [-0.2, -0.15) is 4.31 Å². The Balaban J connectivity index is 3.03. The van der Waals surface area contributed by atoms with E-state index in [-0.39, 0.29) is 22.9 Å². The second kappa shape index (κ2) is 4.91. The van der Waals surface area contributed by atoms with E-state index in [2.05, 4.69) is 0 Å². The van der Waals surface area contributed by atoms with Crippen molar-refractivity contribution in [1.29, 1.82) is 0 Å². The lowest BCUT2D eigenvalue weighted by Gasteiger charge is -2.14. The number of nitrogens with zero attached hydrogens (tertiary/aromatic N) is 1. The van der Waals surface area contributed by atoms with Crippen molar-refractivity contribution in [2.75, 3.05) is 20.2 Å². The highest BCUT2D eigenvalue weighted by molar-refractivity contribution is 7.89. The fourth-order valence-electron chi connectivity index (χ4n) is 1.01. The molecule has 8 heteroatoms. The third-order valence-electron chi connectivity index (χ3n) is 1.91. The fourth-order valence-corrected chi connectivity index (χ4v) is 3.27. The van der Waals surface area contributed by atoms with Gasteiger partial charge in [0.15, 0.2) is 0 Å². The van der Waals surface area contributed by atoms with Crippen LogP contribution in [0.15, 0.2) is 16.3 Å². The first-order chi connectivity index (χ1) is 7.39. The van der Waals surface area contributed by atoms with E-state index in [9.17, 15) is 13.2 Å². The Hall–Kier alpha value is -0.960. The van der Waals surface area contributed by atoms with Crippen molar-refractivity contribution in [3.63, 3.8) is 0 Å². The van der Waals surface area contributed by atoms with Crippen LogP contribution in [-0.4, -0.2) is 49.1 Å². The summed E-state index contributed by atoms with van der Waals surface area (Å²) in [5.74, 6) is -1.16. The monoisotopic (exact) mass is 265 g/mol. The summed E-state index contributed by atoms with van der Waals surface area (Å²) in [6, 6.07) is 1.11. The van der Waals surface area contributed by atoms with E-state index < -0.39 is 16.0 Å². The molecule has 0 fully saturated rings. The van der Waals surface area contributed by atoms with Crippen LogP contribution in [-0.2, 0) is 10.0 Å². The molecule has 6 nitrogen and oxygen atoms in total. The SMILES string of the molecule is CN(CCO)S(=O)(=O)c1csc(C(=O)O)c1. The highest BCUT2D eigenvalue weighted by atomic mass is 32.2. The standard InChI is InChI=1S/C8H11NO5S2/c1-9(2-3-10)16(13,14)6-4-7(8(11)12)15-5-6/h4-5,10H,2-3H2,1H3,(H,11,12). The molecule has 0 unspecified atom stereocenters. The second-order valence-corrected chi connectivity index (χ2v) is 5.96. The number of aliphatic hydroxyl groups excluding tert-OH is 1. The van der Waals surface area contributed by atoms with Gasteiger partial charge in [-0.05, 0) is 6.07 Å². The minimum Gasteiger partial charge on any atom is -0.477 e. The third kappa shape index (κ3) is 2.59. The molecule has 0 saturated heterocycles. The molecule has 0 spiro atoms. The molecule has 0 amide bonds. The highest BCUT2D eigenvalue weighted by Gasteiger charge is 2.22. The minimum absolute atomic E-state index is 0.0272. The van der Waals surface area contributed by atoms with Crippen LogP contribution in [0.1, 0.15) is 9.67 Å². The van der Waals surface area contributed by atoms with Crippen molar-refractivity contribution in [1.82, 2.24) is 4.31 Å². The van der Waals surface area contributed by atoms with Crippen LogP contribution >= 0.6 is 11.3 Å². The zero-order valence-electron chi connectivity index (χ0n) is 8.45. The van der Waals surface area contributed by atoms with Gasteiger partial charge in [0.25, 0.3) is 0 Å². The number of aromatic carboxylic acids is 1. The summed E-state index contributed by atoms with van der Waals surface area (Å²) in [6.45, 7) is -0.313. The summed E-state index contributed by atoms with van der Waals surface area (Å²) in [7, 11) is -2.37. The van der Waals surface area contributed by atoms with Gasteiger partial charge in [-0.3, -0.25) is 0 Å². The summed E-state index contributed by atoms with van der Waals surface area (Å²) in [6.07, 6.45) is 0. The topological polar surface area (TPSA) is 94.9 Å². The first-order valence-electron chi connectivity index (χ1n) is 4.28. The normalized spacial score (nSPS) is 11.9. The molecule has 1 aromatic rings. The highest BCUT2D eigenvalue weighted by Crippen LogP contribution is 2.21. The Bertz CT molecular complexity index is 478. The number of rotatable bonds is 5. The predicted octanol–water partition coefficient (Wildman–Crippen LogP) is 0.0591. The van der Waals surface area contributed by atoms with Crippen molar-refractivity contribution >= 4 is 27.3 Å². The van der Waals surface area contributed by atoms with Crippen LogP contribution in [0.2, 0.25) is 0 Å². The average Bonchev–Trinajstić information content (AvgIpc) is 2.67. The van der Waals surface area contributed by atoms with Crippen LogP contribution in [0.5, 0.6) is 0 Å². The molecule has 1 aromatic heterocycles. The minimum atomic E-state index is -3.69. The molecule has 0 aliphatic rings. The molecule has 0 aromatic carbocycles. The van der Waals surface area contributed by atoms with Gasteiger partial charge in [0.1, 0.15) is 4.88 Å². The average molecular weight is 265 g/mol. The molecule has 1 rings (SSSR count). The molecule has 0 bridgehead atoms. The Morgan fingerprint density at radius 1 is 1.56 bits per heavy atom. The van der Waals surface area contributed by atoms with E-state index in [0.29, 0.717) is 0 Å². The summed E-state index contributed by atoms with van der Waals surface area (Å²) < 4.78 is 24.5. The number of likely N-dealkylation sites (N-methyl/N-ethyl adjacent to an activating group) is 1. The molecule has 0 radical (unpaired) electrons. The van der Waals surface area contributed by atoms with Crippen LogP contribution in [0.25, 0.3) is 0 Å². The second-order valence-electron chi connectivity index (χ2n) is 3.00. The smallest absolute Gasteiger partial charge is 0.345 e. The van der Waals surface area contributed by atoms with Gasteiger partial charge in [0.05, 0.1) is 11.5 Å². The van der Waals surface area contributed by atoms with Gasteiger partial charge in [-0.25, -0.2) is 13.2 Å². The number of hydrogen-bond acceptors (Lipinski definition) is 5. The Labute approximate surface area is 96.8 Å². The lowest BCUT2D eigenvalue weighted by Crippen LogP contribution is -2.29. The van der Waals surface area contributed by atoms with E-state index in [4.69, 9.17) is 10.2 Å². The van der Waals surface area contributed by atoms with E-state index in [1.807, 2.05) is 0 Å². The maximum Gasteiger partial charge on any atom is 0.345 e. The zero-order chi connectivity index (χ0) is 12.3. The molecular formula is C8H11NO5S2. The number of sulfonamides is 1. The summed E-state index contributed by atoms with van der Waals surface area (Å²) in [5, 5.41) is 18.6. The summed E-state index contributed by atoms with van der Waals surface area (Å²) >= 11 is 0.852. The Morgan fingerprint density at radius 2 is 2.19 bits per heavy atom. The van der Waals surface area contributed by atoms with Crippen molar-refractivity contribution in [2.24, 2.45) is 0 Å². The third-order valence-corrected chi connectivity index (χ3v) is 4.81. The summed E-state index contributed by atoms with van der Waals surface area (Å²) in [5.41, 5.74) is 0. The quantitative estimate of drug-likeness (QED) is 0.785.